The molecule has 1 aliphatic carbocycles. The number of aliphatic hydroxyl groups is 2. The van der Waals surface area contributed by atoms with Crippen molar-refractivity contribution in [3.8, 4) is 0 Å². The molecule has 0 bridgehead atoms. The second-order valence-corrected chi connectivity index (χ2v) is 7.71. The summed E-state index contributed by atoms with van der Waals surface area (Å²) >= 11 is 12.3. The highest BCUT2D eigenvalue weighted by atomic mass is 35.5. The number of benzene rings is 1. The van der Waals surface area contributed by atoms with Crippen LogP contribution in [-0.4, -0.2) is 44.1 Å². The van der Waals surface area contributed by atoms with Gasteiger partial charge in [0.05, 0.1) is 27.2 Å². The van der Waals surface area contributed by atoms with Crippen molar-refractivity contribution in [2.45, 2.75) is 63.2 Å². The van der Waals surface area contributed by atoms with E-state index in [1.165, 1.54) is 12.8 Å². The van der Waals surface area contributed by atoms with Crippen molar-refractivity contribution < 1.29 is 14.9 Å². The lowest BCUT2D eigenvalue weighted by atomic mass is 10.1. The van der Waals surface area contributed by atoms with Gasteiger partial charge < -0.3 is 20.3 Å². The van der Waals surface area contributed by atoms with E-state index in [1.54, 1.807) is 23.6 Å². The molecule has 0 amide bonds. The number of ether oxygens (including phenoxy) is 1. The van der Waals surface area contributed by atoms with Crippen LogP contribution in [0, 0.1) is 0 Å². The Bertz CT molecular complexity index is 791. The first-order valence-electron chi connectivity index (χ1n) is 8.61. The van der Waals surface area contributed by atoms with Crippen molar-refractivity contribution in [2.24, 2.45) is 0 Å². The standard InChI is InChI=1S/C17H21Cl2N3O3/c1-8-14(23)15(24)16(25-8)22-13-7-11(19)10(18)6-12(13)21-17(22)20-9-4-2-3-5-9/h6-9,14-16,23-24H,2-5H2,1H3,(H,20,21)/t8-,14-,15-,16-/m1/s1. The molecule has 2 fully saturated rings. The molecule has 136 valence electrons. The fraction of sp³-hybridized carbons (Fsp3) is 0.588. The number of rotatable bonds is 3. The highest BCUT2D eigenvalue weighted by Crippen LogP contribution is 2.38. The van der Waals surface area contributed by atoms with Gasteiger partial charge in [-0.2, -0.15) is 0 Å². The second kappa shape index (κ2) is 6.59. The zero-order valence-electron chi connectivity index (χ0n) is 13.8. The summed E-state index contributed by atoms with van der Waals surface area (Å²) in [6, 6.07) is 3.76. The van der Waals surface area contributed by atoms with Crippen LogP contribution in [0.1, 0.15) is 38.8 Å². The third-order valence-electron chi connectivity index (χ3n) is 5.15. The Morgan fingerprint density at radius 1 is 1.16 bits per heavy atom. The molecule has 1 aromatic carbocycles. The van der Waals surface area contributed by atoms with Crippen LogP contribution in [-0.2, 0) is 4.74 Å². The van der Waals surface area contributed by atoms with Crippen molar-refractivity contribution in [1.29, 1.82) is 0 Å². The van der Waals surface area contributed by atoms with Gasteiger partial charge in [0, 0.05) is 6.04 Å². The van der Waals surface area contributed by atoms with Gasteiger partial charge >= 0.3 is 0 Å². The first kappa shape index (κ1) is 17.4. The summed E-state index contributed by atoms with van der Waals surface area (Å²) in [5.74, 6) is 0.602. The summed E-state index contributed by atoms with van der Waals surface area (Å²) in [5, 5.41) is 24.9. The largest absolute Gasteiger partial charge is 0.388 e. The third kappa shape index (κ3) is 3.00. The SMILES string of the molecule is C[C@H]1O[C@@H](n2c(NC3CCCC3)nc3cc(Cl)c(Cl)cc32)[C@H](O)[C@@H]1O. The lowest BCUT2D eigenvalue weighted by Gasteiger charge is -2.22. The Kier molecular flexibility index (Phi) is 4.58. The predicted molar refractivity (Wildman–Crippen MR) is 97.2 cm³/mol. The Labute approximate surface area is 155 Å². The lowest BCUT2D eigenvalue weighted by Crippen LogP contribution is -2.31. The Hall–Kier alpha value is -1.05. The summed E-state index contributed by atoms with van der Waals surface area (Å²) in [5.41, 5.74) is 1.37. The molecule has 0 unspecified atom stereocenters. The molecule has 4 rings (SSSR count). The van der Waals surface area contributed by atoms with Crippen molar-refractivity contribution in [2.75, 3.05) is 5.32 Å². The predicted octanol–water partition coefficient (Wildman–Crippen LogP) is 3.34. The van der Waals surface area contributed by atoms with Crippen molar-refractivity contribution in [3.05, 3.63) is 22.2 Å². The van der Waals surface area contributed by atoms with Crippen LogP contribution in [0.4, 0.5) is 5.95 Å². The zero-order valence-corrected chi connectivity index (χ0v) is 15.3. The number of halogens is 2. The topological polar surface area (TPSA) is 79.5 Å². The molecule has 4 atom stereocenters. The molecule has 0 radical (unpaired) electrons. The molecule has 8 heteroatoms. The number of aromatic nitrogens is 2. The molecule has 1 saturated carbocycles. The van der Waals surface area contributed by atoms with Crippen LogP contribution in [0.5, 0.6) is 0 Å². The number of nitrogens with zero attached hydrogens (tertiary/aromatic N) is 2. The first-order chi connectivity index (χ1) is 12.0. The Morgan fingerprint density at radius 2 is 1.84 bits per heavy atom. The monoisotopic (exact) mass is 385 g/mol. The molecule has 6 nitrogen and oxygen atoms in total. The molecule has 1 aliphatic heterocycles. The highest BCUT2D eigenvalue weighted by Gasteiger charge is 2.43. The van der Waals surface area contributed by atoms with E-state index >= 15 is 0 Å². The van der Waals surface area contributed by atoms with Gasteiger partial charge in [0.1, 0.15) is 12.2 Å². The first-order valence-corrected chi connectivity index (χ1v) is 9.36. The van der Waals surface area contributed by atoms with E-state index in [0.717, 1.165) is 12.8 Å². The average Bonchev–Trinajstić information content (AvgIpc) is 3.25. The van der Waals surface area contributed by atoms with Crippen molar-refractivity contribution >= 4 is 40.2 Å². The average molecular weight is 386 g/mol. The molecule has 3 N–H and O–H groups in total. The van der Waals surface area contributed by atoms with Crippen LogP contribution in [0.3, 0.4) is 0 Å². The number of aliphatic hydroxyl groups excluding tert-OH is 2. The highest BCUT2D eigenvalue weighted by molar-refractivity contribution is 6.42. The smallest absolute Gasteiger partial charge is 0.206 e. The molecule has 1 saturated heterocycles. The maximum Gasteiger partial charge on any atom is 0.206 e. The minimum atomic E-state index is -1.05. The van der Waals surface area contributed by atoms with E-state index in [1.807, 2.05) is 0 Å². The normalized spacial score (nSPS) is 30.4. The maximum atomic E-state index is 10.5. The van der Waals surface area contributed by atoms with Gasteiger partial charge in [0.2, 0.25) is 5.95 Å². The van der Waals surface area contributed by atoms with Crippen LogP contribution < -0.4 is 5.32 Å². The number of hydrogen-bond acceptors (Lipinski definition) is 5. The van der Waals surface area contributed by atoms with Gasteiger partial charge in [-0.1, -0.05) is 36.0 Å². The minimum Gasteiger partial charge on any atom is -0.388 e. The van der Waals surface area contributed by atoms with Gasteiger partial charge in [0.15, 0.2) is 6.23 Å². The summed E-state index contributed by atoms with van der Waals surface area (Å²) in [6.45, 7) is 1.74. The summed E-state index contributed by atoms with van der Waals surface area (Å²) in [6.07, 6.45) is 1.32. The second-order valence-electron chi connectivity index (χ2n) is 6.90. The Morgan fingerprint density at radius 3 is 2.48 bits per heavy atom. The molecule has 2 aliphatic rings. The summed E-state index contributed by atoms with van der Waals surface area (Å²) in [4.78, 5) is 4.64. The van der Waals surface area contributed by atoms with Crippen LogP contribution in [0.15, 0.2) is 12.1 Å². The van der Waals surface area contributed by atoms with E-state index in [4.69, 9.17) is 27.9 Å². The lowest BCUT2D eigenvalue weighted by molar-refractivity contribution is -0.0284. The maximum absolute atomic E-state index is 10.5. The summed E-state index contributed by atoms with van der Waals surface area (Å²) < 4.78 is 7.61. The number of anilines is 1. The molecule has 2 aromatic rings. The van der Waals surface area contributed by atoms with Crippen molar-refractivity contribution in [1.82, 2.24) is 9.55 Å². The van der Waals surface area contributed by atoms with E-state index < -0.39 is 24.5 Å². The number of fused-ring (bicyclic) bond motifs is 1. The number of nitrogens with one attached hydrogen (secondary N) is 1. The molecule has 0 spiro atoms. The van der Waals surface area contributed by atoms with E-state index in [2.05, 4.69) is 10.3 Å². The van der Waals surface area contributed by atoms with E-state index in [-0.39, 0.29) is 0 Å². The van der Waals surface area contributed by atoms with Gasteiger partial charge in [-0.25, -0.2) is 4.98 Å². The van der Waals surface area contributed by atoms with Crippen LogP contribution in [0.25, 0.3) is 11.0 Å². The molecule has 2 heterocycles. The number of imidazole rings is 1. The van der Waals surface area contributed by atoms with E-state index in [0.29, 0.717) is 33.1 Å². The molecule has 1 aromatic heterocycles. The zero-order chi connectivity index (χ0) is 17.7. The Balaban J connectivity index is 1.82. The molecular formula is C17H21Cl2N3O3. The van der Waals surface area contributed by atoms with Gasteiger partial charge in [-0.3, -0.25) is 4.57 Å². The fourth-order valence-electron chi connectivity index (χ4n) is 3.74. The molecular weight excluding hydrogens is 365 g/mol. The van der Waals surface area contributed by atoms with Crippen LogP contribution in [0.2, 0.25) is 10.0 Å². The van der Waals surface area contributed by atoms with Gasteiger partial charge in [-0.05, 0) is 31.9 Å². The number of hydrogen-bond donors (Lipinski definition) is 3. The minimum absolute atomic E-state index is 0.336. The van der Waals surface area contributed by atoms with E-state index in [9.17, 15) is 10.2 Å². The third-order valence-corrected chi connectivity index (χ3v) is 5.87. The molecule has 25 heavy (non-hydrogen) atoms. The van der Waals surface area contributed by atoms with Gasteiger partial charge in [0.25, 0.3) is 0 Å². The van der Waals surface area contributed by atoms with Crippen molar-refractivity contribution in [3.63, 3.8) is 0 Å². The van der Waals surface area contributed by atoms with Crippen LogP contribution >= 0.6 is 23.2 Å². The quantitative estimate of drug-likeness (QED) is 0.754. The fourth-order valence-corrected chi connectivity index (χ4v) is 4.06. The van der Waals surface area contributed by atoms with Gasteiger partial charge in [-0.15, -0.1) is 0 Å². The summed E-state index contributed by atoms with van der Waals surface area (Å²) in [7, 11) is 0.